The summed E-state index contributed by atoms with van der Waals surface area (Å²) in [4.78, 5) is 0. The van der Waals surface area contributed by atoms with Gasteiger partial charge in [-0.2, -0.15) is 0 Å². The van der Waals surface area contributed by atoms with Gasteiger partial charge in [0.15, 0.2) is 23.2 Å². The summed E-state index contributed by atoms with van der Waals surface area (Å²) >= 11 is 0. The predicted molar refractivity (Wildman–Crippen MR) is 154 cm³/mol. The van der Waals surface area contributed by atoms with Crippen LogP contribution in [0.5, 0.6) is 11.5 Å². The largest absolute Gasteiger partial charge is 0.493 e. The topological polar surface area (TPSA) is 27.7 Å². The number of rotatable bonds is 14. The van der Waals surface area contributed by atoms with E-state index in [1.54, 1.807) is 12.1 Å². The van der Waals surface area contributed by atoms with Gasteiger partial charge in [-0.15, -0.1) is 6.58 Å². The molecule has 2 saturated carbocycles. The molecule has 0 heterocycles. The van der Waals surface area contributed by atoms with Crippen molar-refractivity contribution >= 4 is 0 Å². The van der Waals surface area contributed by atoms with Crippen LogP contribution in [0.15, 0.2) is 43.0 Å². The second kappa shape index (κ2) is 15.5. The average Bonchev–Trinajstić information content (AvgIpc) is 2.97. The van der Waals surface area contributed by atoms with E-state index in [1.807, 2.05) is 18.2 Å². The van der Waals surface area contributed by atoms with Crippen LogP contribution < -0.4 is 9.47 Å². The number of hydrogen-bond donors (Lipinski definition) is 0. The molecule has 0 saturated heterocycles. The quantitative estimate of drug-likeness (QED) is 0.171. The molecular weight excluding hydrogens is 513 g/mol. The molecule has 40 heavy (non-hydrogen) atoms. The molecule has 3 nitrogen and oxygen atoms in total. The Balaban J connectivity index is 1.23. The summed E-state index contributed by atoms with van der Waals surface area (Å²) in [6.45, 7) is 7.52. The summed E-state index contributed by atoms with van der Waals surface area (Å²) < 4.78 is 62.1. The first-order valence-corrected chi connectivity index (χ1v) is 15.3. The summed E-state index contributed by atoms with van der Waals surface area (Å²) in [5.74, 6) is -0.688. The zero-order valence-corrected chi connectivity index (χ0v) is 23.9. The number of hydrogen-bond acceptors (Lipinski definition) is 3. The van der Waals surface area contributed by atoms with Gasteiger partial charge in [0.1, 0.15) is 5.75 Å². The molecule has 0 atom stereocenters. The summed E-state index contributed by atoms with van der Waals surface area (Å²) in [6, 6.07) is 8.34. The van der Waals surface area contributed by atoms with E-state index in [-0.39, 0.29) is 23.7 Å². The van der Waals surface area contributed by atoms with E-state index >= 15 is 8.78 Å². The molecule has 0 amide bonds. The predicted octanol–water partition coefficient (Wildman–Crippen LogP) is 9.64. The van der Waals surface area contributed by atoms with Gasteiger partial charge in [0.2, 0.25) is 0 Å². The average molecular weight is 559 g/mol. The fourth-order valence-corrected chi connectivity index (χ4v) is 6.10. The molecular formula is C34H45F3O3. The van der Waals surface area contributed by atoms with Crippen LogP contribution in [0, 0.1) is 23.4 Å². The van der Waals surface area contributed by atoms with Crippen molar-refractivity contribution in [1.82, 2.24) is 0 Å². The SMILES string of the molecule is C=CCCCOc1ccc(OCC2CCC(c3ccc(C4CCC(OCCCC)CC4)c(F)c3F)CC2)cc1F. The molecule has 0 aromatic heterocycles. The number of ether oxygens (including phenoxy) is 3. The van der Waals surface area contributed by atoms with Crippen LogP contribution in [0.2, 0.25) is 0 Å². The molecule has 0 aliphatic heterocycles. The Hall–Kier alpha value is -2.47. The lowest BCUT2D eigenvalue weighted by atomic mass is 9.77. The highest BCUT2D eigenvalue weighted by Crippen LogP contribution is 2.41. The van der Waals surface area contributed by atoms with Gasteiger partial charge in [0, 0.05) is 12.7 Å². The van der Waals surface area contributed by atoms with Crippen molar-refractivity contribution in [2.45, 2.75) is 102 Å². The summed E-state index contributed by atoms with van der Waals surface area (Å²) in [5, 5.41) is 0. The number of halogens is 3. The monoisotopic (exact) mass is 558 g/mol. The Bertz CT molecular complexity index is 1070. The molecule has 2 aliphatic rings. The molecule has 0 unspecified atom stereocenters. The van der Waals surface area contributed by atoms with Crippen LogP contribution in [0.25, 0.3) is 0 Å². The smallest absolute Gasteiger partial charge is 0.168 e. The Morgan fingerprint density at radius 3 is 2.05 bits per heavy atom. The molecule has 4 rings (SSSR count). The highest BCUT2D eigenvalue weighted by Gasteiger charge is 2.30. The standard InChI is InChI=1S/C34H45F3O3/c1-3-5-7-21-39-32-19-16-28(22-31(32)35)40-23-24-8-10-25(11-9-24)29-17-18-30(34(37)33(29)36)26-12-14-27(15-13-26)38-20-6-4-2/h3,16-19,22,24-27H,1,4-15,20-21,23H2,2H3. The maximum absolute atomic E-state index is 15.3. The summed E-state index contributed by atoms with van der Waals surface area (Å²) in [5.41, 5.74) is 1.03. The zero-order chi connectivity index (χ0) is 28.3. The fourth-order valence-electron chi connectivity index (χ4n) is 6.10. The van der Waals surface area contributed by atoms with Crippen molar-refractivity contribution in [2.75, 3.05) is 19.8 Å². The number of unbranched alkanes of at least 4 members (excludes halogenated alkanes) is 2. The van der Waals surface area contributed by atoms with Crippen LogP contribution in [-0.4, -0.2) is 25.9 Å². The van der Waals surface area contributed by atoms with Gasteiger partial charge in [-0.3, -0.25) is 0 Å². The maximum Gasteiger partial charge on any atom is 0.168 e. The van der Waals surface area contributed by atoms with Crippen molar-refractivity contribution in [1.29, 1.82) is 0 Å². The van der Waals surface area contributed by atoms with Gasteiger partial charge in [0.05, 0.1) is 19.3 Å². The fraction of sp³-hybridized carbons (Fsp3) is 0.588. The third-order valence-electron chi connectivity index (χ3n) is 8.59. The number of benzene rings is 2. The molecule has 6 heteroatoms. The van der Waals surface area contributed by atoms with Crippen LogP contribution in [-0.2, 0) is 4.74 Å². The minimum absolute atomic E-state index is 0.0115. The number of allylic oxidation sites excluding steroid dienone is 1. The van der Waals surface area contributed by atoms with Gasteiger partial charge < -0.3 is 14.2 Å². The van der Waals surface area contributed by atoms with Gasteiger partial charge in [-0.25, -0.2) is 13.2 Å². The van der Waals surface area contributed by atoms with E-state index in [4.69, 9.17) is 14.2 Å². The van der Waals surface area contributed by atoms with Crippen molar-refractivity contribution in [3.05, 3.63) is 71.6 Å². The van der Waals surface area contributed by atoms with Crippen molar-refractivity contribution in [3.8, 4) is 11.5 Å². The van der Waals surface area contributed by atoms with Crippen LogP contribution >= 0.6 is 0 Å². The molecule has 2 aromatic rings. The molecule has 2 aliphatic carbocycles. The molecule has 2 aromatic carbocycles. The summed E-state index contributed by atoms with van der Waals surface area (Å²) in [6.07, 6.45) is 12.7. The van der Waals surface area contributed by atoms with E-state index in [1.165, 1.54) is 6.07 Å². The van der Waals surface area contributed by atoms with Gasteiger partial charge in [-0.1, -0.05) is 31.6 Å². The first-order valence-electron chi connectivity index (χ1n) is 15.3. The maximum atomic E-state index is 15.3. The molecule has 2 fully saturated rings. The molecule has 0 radical (unpaired) electrons. The minimum Gasteiger partial charge on any atom is -0.493 e. The highest BCUT2D eigenvalue weighted by molar-refractivity contribution is 5.33. The van der Waals surface area contributed by atoms with Crippen molar-refractivity contribution in [2.24, 2.45) is 5.92 Å². The zero-order valence-electron chi connectivity index (χ0n) is 23.9. The lowest BCUT2D eigenvalue weighted by Crippen LogP contribution is -2.22. The van der Waals surface area contributed by atoms with E-state index in [0.717, 1.165) is 83.7 Å². The second-order valence-electron chi connectivity index (χ2n) is 11.5. The third kappa shape index (κ3) is 8.28. The van der Waals surface area contributed by atoms with E-state index in [0.29, 0.717) is 36.0 Å². The van der Waals surface area contributed by atoms with E-state index < -0.39 is 17.5 Å². The third-order valence-corrected chi connectivity index (χ3v) is 8.59. The molecule has 0 bridgehead atoms. The first-order chi connectivity index (χ1) is 19.5. The van der Waals surface area contributed by atoms with Crippen LogP contribution in [0.4, 0.5) is 13.2 Å². The van der Waals surface area contributed by atoms with E-state index in [9.17, 15) is 4.39 Å². The van der Waals surface area contributed by atoms with Crippen molar-refractivity contribution in [3.63, 3.8) is 0 Å². The minimum atomic E-state index is -0.666. The van der Waals surface area contributed by atoms with Gasteiger partial charge in [-0.05, 0) is 112 Å². The van der Waals surface area contributed by atoms with Gasteiger partial charge in [0.25, 0.3) is 0 Å². The molecule has 0 spiro atoms. The molecule has 220 valence electrons. The second-order valence-corrected chi connectivity index (χ2v) is 11.5. The summed E-state index contributed by atoms with van der Waals surface area (Å²) in [7, 11) is 0. The van der Waals surface area contributed by atoms with E-state index in [2.05, 4.69) is 13.5 Å². The Labute approximate surface area is 238 Å². The van der Waals surface area contributed by atoms with Crippen molar-refractivity contribution < 1.29 is 27.4 Å². The Kier molecular flexibility index (Phi) is 11.8. The first kappa shape index (κ1) is 30.5. The Morgan fingerprint density at radius 1 is 0.800 bits per heavy atom. The van der Waals surface area contributed by atoms with Crippen LogP contribution in [0.1, 0.15) is 107 Å². The highest BCUT2D eigenvalue weighted by atomic mass is 19.2. The molecule has 0 N–H and O–H groups in total. The lowest BCUT2D eigenvalue weighted by Gasteiger charge is -2.31. The normalized spacial score (nSPS) is 23.1. The lowest BCUT2D eigenvalue weighted by molar-refractivity contribution is 0.0230. The Morgan fingerprint density at radius 2 is 1.45 bits per heavy atom. The van der Waals surface area contributed by atoms with Crippen LogP contribution in [0.3, 0.4) is 0 Å². The van der Waals surface area contributed by atoms with Gasteiger partial charge >= 0.3 is 0 Å².